The second-order valence-electron chi connectivity index (χ2n) is 6.74. The van der Waals surface area contributed by atoms with Gasteiger partial charge in [0.05, 0.1) is 13.0 Å². The summed E-state index contributed by atoms with van der Waals surface area (Å²) in [6, 6.07) is 4.31. The van der Waals surface area contributed by atoms with Crippen molar-refractivity contribution in [1.29, 1.82) is 0 Å². The molecule has 0 spiro atoms. The zero-order valence-electron chi connectivity index (χ0n) is 14.8. The second-order valence-corrected chi connectivity index (χ2v) is 6.74. The monoisotopic (exact) mass is 316 g/mol. The van der Waals surface area contributed by atoms with Crippen molar-refractivity contribution >= 4 is 11.8 Å². The minimum absolute atomic E-state index is 0.179. The highest BCUT2D eigenvalue weighted by Gasteiger charge is 2.36. The van der Waals surface area contributed by atoms with Gasteiger partial charge < -0.3 is 4.74 Å². The Balaban J connectivity index is 2.22. The number of aryl methyl sites for hydroxylation is 3. The van der Waals surface area contributed by atoms with Crippen LogP contribution < -0.4 is 0 Å². The van der Waals surface area contributed by atoms with Gasteiger partial charge >= 0.3 is 5.97 Å². The van der Waals surface area contributed by atoms with Gasteiger partial charge in [0.15, 0.2) is 0 Å². The van der Waals surface area contributed by atoms with E-state index < -0.39 is 0 Å². The Kier molecular flexibility index (Phi) is 5.97. The van der Waals surface area contributed by atoms with Gasteiger partial charge in [-0.25, -0.2) is 0 Å². The Morgan fingerprint density at radius 3 is 2.39 bits per heavy atom. The van der Waals surface area contributed by atoms with Crippen LogP contribution in [0.1, 0.15) is 54.9 Å². The molecule has 23 heavy (non-hydrogen) atoms. The third-order valence-electron chi connectivity index (χ3n) is 5.13. The highest BCUT2D eigenvalue weighted by Crippen LogP contribution is 2.33. The van der Waals surface area contributed by atoms with Crippen LogP contribution in [0.4, 0.5) is 0 Å². The molecule has 3 heteroatoms. The summed E-state index contributed by atoms with van der Waals surface area (Å²) in [5.41, 5.74) is 4.82. The lowest BCUT2D eigenvalue weighted by atomic mass is 9.75. The lowest BCUT2D eigenvalue weighted by Gasteiger charge is -2.29. The first-order valence-electron chi connectivity index (χ1n) is 8.67. The summed E-state index contributed by atoms with van der Waals surface area (Å²) in [4.78, 5) is 24.9. The highest BCUT2D eigenvalue weighted by molar-refractivity contribution is 5.88. The topological polar surface area (TPSA) is 43.4 Å². The fourth-order valence-electron chi connectivity index (χ4n) is 3.91. The summed E-state index contributed by atoms with van der Waals surface area (Å²) in [6.07, 6.45) is 4.98. The van der Waals surface area contributed by atoms with Gasteiger partial charge in [0.25, 0.3) is 0 Å². The van der Waals surface area contributed by atoms with Gasteiger partial charge in [0.2, 0.25) is 0 Å². The Morgan fingerprint density at radius 2 is 1.78 bits per heavy atom. The van der Waals surface area contributed by atoms with Gasteiger partial charge in [0, 0.05) is 12.3 Å². The number of ketones is 1. The quantitative estimate of drug-likeness (QED) is 0.772. The maximum Gasteiger partial charge on any atom is 0.309 e. The molecular weight excluding hydrogens is 288 g/mol. The SMILES string of the molecule is CCc1cc(C)cc(C)c1CC(=O)[C@H]1CCCC[C@@H]1C(=O)OC. The van der Waals surface area contributed by atoms with Crippen LogP contribution in [-0.4, -0.2) is 18.9 Å². The van der Waals surface area contributed by atoms with Crippen LogP contribution in [0, 0.1) is 25.7 Å². The largest absolute Gasteiger partial charge is 0.469 e. The number of carbonyl (C=O) groups excluding carboxylic acids is 2. The highest BCUT2D eigenvalue weighted by atomic mass is 16.5. The summed E-state index contributed by atoms with van der Waals surface area (Å²) in [7, 11) is 1.41. The van der Waals surface area contributed by atoms with Crippen molar-refractivity contribution in [3.8, 4) is 0 Å². The van der Waals surface area contributed by atoms with Crippen LogP contribution in [0.25, 0.3) is 0 Å². The second kappa shape index (κ2) is 7.76. The first kappa shape index (κ1) is 17.7. The predicted octanol–water partition coefficient (Wildman–Crippen LogP) is 3.96. The van der Waals surface area contributed by atoms with E-state index in [9.17, 15) is 9.59 Å². The van der Waals surface area contributed by atoms with Gasteiger partial charge in [0.1, 0.15) is 5.78 Å². The summed E-state index contributed by atoms with van der Waals surface area (Å²) >= 11 is 0. The molecule has 0 amide bonds. The summed E-state index contributed by atoms with van der Waals surface area (Å²) < 4.78 is 4.91. The van der Waals surface area contributed by atoms with Gasteiger partial charge in [-0.3, -0.25) is 9.59 Å². The lowest BCUT2D eigenvalue weighted by Crippen LogP contribution is -2.34. The van der Waals surface area contributed by atoms with E-state index in [0.29, 0.717) is 6.42 Å². The van der Waals surface area contributed by atoms with Crippen LogP contribution >= 0.6 is 0 Å². The Labute approximate surface area is 139 Å². The third-order valence-corrected chi connectivity index (χ3v) is 5.13. The van der Waals surface area contributed by atoms with Gasteiger partial charge in [-0.15, -0.1) is 0 Å². The number of ether oxygens (including phenoxy) is 1. The van der Waals surface area contributed by atoms with Crippen LogP contribution in [-0.2, 0) is 27.2 Å². The number of hydrogen-bond donors (Lipinski definition) is 0. The molecular formula is C20H28O3. The molecule has 2 rings (SSSR count). The fraction of sp³-hybridized carbons (Fsp3) is 0.600. The number of hydrogen-bond acceptors (Lipinski definition) is 3. The summed E-state index contributed by atoms with van der Waals surface area (Å²) in [6.45, 7) is 6.29. The van der Waals surface area contributed by atoms with E-state index >= 15 is 0 Å². The van der Waals surface area contributed by atoms with Gasteiger partial charge in [-0.2, -0.15) is 0 Å². The summed E-state index contributed by atoms with van der Waals surface area (Å²) in [5.74, 6) is -0.458. The molecule has 1 aliphatic carbocycles. The molecule has 3 nitrogen and oxygen atoms in total. The Morgan fingerprint density at radius 1 is 1.13 bits per heavy atom. The Bertz CT molecular complexity index is 589. The number of benzene rings is 1. The van der Waals surface area contributed by atoms with Crippen molar-refractivity contribution in [2.75, 3.05) is 7.11 Å². The van der Waals surface area contributed by atoms with Crippen molar-refractivity contribution in [3.05, 3.63) is 34.4 Å². The van der Waals surface area contributed by atoms with Crippen molar-refractivity contribution in [2.24, 2.45) is 11.8 Å². The average Bonchev–Trinajstić information content (AvgIpc) is 2.56. The van der Waals surface area contributed by atoms with E-state index in [1.54, 1.807) is 0 Å². The molecule has 1 fully saturated rings. The molecule has 0 aliphatic heterocycles. The number of rotatable bonds is 5. The number of esters is 1. The van der Waals surface area contributed by atoms with Gasteiger partial charge in [-0.05, 0) is 49.8 Å². The van der Waals surface area contributed by atoms with Crippen molar-refractivity contribution in [2.45, 2.75) is 59.3 Å². The minimum atomic E-state index is -0.253. The standard InChI is InChI=1S/C20H28O3/c1-5-15-11-13(2)10-14(3)18(15)12-19(21)16-8-6-7-9-17(16)20(22)23-4/h10-11,16-17H,5-9,12H2,1-4H3/t16-,17-/m0/s1. The molecule has 2 atom stereocenters. The fourth-order valence-corrected chi connectivity index (χ4v) is 3.91. The van der Waals surface area contributed by atoms with Crippen LogP contribution in [0.15, 0.2) is 12.1 Å². The van der Waals surface area contributed by atoms with Crippen molar-refractivity contribution in [3.63, 3.8) is 0 Å². The first-order chi connectivity index (χ1) is 11.0. The smallest absolute Gasteiger partial charge is 0.309 e. The van der Waals surface area contributed by atoms with E-state index in [2.05, 4.69) is 32.9 Å². The molecule has 0 N–H and O–H groups in total. The van der Waals surface area contributed by atoms with E-state index in [-0.39, 0.29) is 23.6 Å². The van der Waals surface area contributed by atoms with E-state index in [1.165, 1.54) is 23.8 Å². The van der Waals surface area contributed by atoms with E-state index in [1.807, 2.05) is 0 Å². The Hall–Kier alpha value is -1.64. The maximum atomic E-state index is 12.9. The molecule has 1 aromatic carbocycles. The minimum Gasteiger partial charge on any atom is -0.469 e. The molecule has 0 radical (unpaired) electrons. The van der Waals surface area contributed by atoms with Crippen molar-refractivity contribution < 1.29 is 14.3 Å². The molecule has 0 aromatic heterocycles. The molecule has 1 saturated carbocycles. The zero-order valence-corrected chi connectivity index (χ0v) is 14.8. The molecule has 1 aromatic rings. The summed E-state index contributed by atoms with van der Waals surface area (Å²) in [5, 5.41) is 0. The maximum absolute atomic E-state index is 12.9. The molecule has 126 valence electrons. The molecule has 1 aliphatic rings. The number of methoxy groups -OCH3 is 1. The number of Topliss-reactive ketones (excluding diaryl/α,β-unsaturated/α-hetero) is 1. The first-order valence-corrected chi connectivity index (χ1v) is 8.67. The van der Waals surface area contributed by atoms with Crippen molar-refractivity contribution in [1.82, 2.24) is 0 Å². The molecule has 0 unspecified atom stereocenters. The molecule has 0 bridgehead atoms. The molecule has 0 saturated heterocycles. The lowest BCUT2D eigenvalue weighted by molar-refractivity contribution is -0.151. The van der Waals surface area contributed by atoms with Crippen LogP contribution in [0.2, 0.25) is 0 Å². The van der Waals surface area contributed by atoms with Crippen LogP contribution in [0.3, 0.4) is 0 Å². The normalized spacial score (nSPS) is 21.0. The van der Waals surface area contributed by atoms with E-state index in [4.69, 9.17) is 4.74 Å². The third kappa shape index (κ3) is 4.01. The van der Waals surface area contributed by atoms with Gasteiger partial charge in [-0.1, -0.05) is 37.5 Å². The van der Waals surface area contributed by atoms with E-state index in [0.717, 1.165) is 37.7 Å². The predicted molar refractivity (Wildman–Crippen MR) is 91.5 cm³/mol. The van der Waals surface area contributed by atoms with Crippen LogP contribution in [0.5, 0.6) is 0 Å². The zero-order chi connectivity index (χ0) is 17.0. The molecule has 0 heterocycles. The number of carbonyl (C=O) groups is 2. The average molecular weight is 316 g/mol.